The van der Waals surface area contributed by atoms with E-state index in [1.54, 1.807) is 0 Å². The van der Waals surface area contributed by atoms with Crippen molar-refractivity contribution in [1.29, 1.82) is 0 Å². The average molecular weight is 667 g/mol. The molecule has 2 heterocycles. The van der Waals surface area contributed by atoms with Crippen LogP contribution in [0.4, 0.5) is 0 Å². The van der Waals surface area contributed by atoms with E-state index in [9.17, 15) is 0 Å². The van der Waals surface area contributed by atoms with Crippen LogP contribution in [0, 0.1) is 0 Å². The van der Waals surface area contributed by atoms with E-state index in [-0.39, 0.29) is 12.2 Å². The van der Waals surface area contributed by atoms with E-state index < -0.39 is 14.2 Å². The van der Waals surface area contributed by atoms with Crippen molar-refractivity contribution in [3.8, 4) is 22.6 Å². The molecular formula is C40H46O7Si. The third-order valence-electron chi connectivity index (χ3n) is 9.42. The first-order valence-corrected chi connectivity index (χ1v) is 19.4. The molecule has 8 heteroatoms. The molecule has 0 radical (unpaired) electrons. The molecule has 7 nitrogen and oxygen atoms in total. The Bertz CT molecular complexity index is 1620. The van der Waals surface area contributed by atoms with Gasteiger partial charge in [-0.2, -0.15) is 0 Å². The third-order valence-corrected chi connectivity index (χ3v) is 12.6. The molecule has 0 spiro atoms. The molecule has 2 aliphatic heterocycles. The normalized spacial score (nSPS) is 18.6. The van der Waals surface area contributed by atoms with Crippen LogP contribution in [-0.2, 0) is 34.6 Å². The van der Waals surface area contributed by atoms with Gasteiger partial charge in [0.05, 0.1) is 18.6 Å². The molecule has 48 heavy (non-hydrogen) atoms. The van der Waals surface area contributed by atoms with Gasteiger partial charge in [0.2, 0.25) is 0 Å². The molecule has 2 saturated heterocycles. The molecule has 4 aromatic rings. The van der Waals surface area contributed by atoms with Crippen molar-refractivity contribution < 1.29 is 32.2 Å². The predicted molar refractivity (Wildman–Crippen MR) is 188 cm³/mol. The summed E-state index contributed by atoms with van der Waals surface area (Å²) >= 11 is 0. The molecule has 252 valence electrons. The van der Waals surface area contributed by atoms with Crippen LogP contribution in [0.3, 0.4) is 0 Å². The zero-order valence-corrected chi connectivity index (χ0v) is 29.2. The minimum atomic E-state index is -2.79. The molecule has 2 fully saturated rings. The molecule has 2 atom stereocenters. The van der Waals surface area contributed by atoms with E-state index >= 15 is 0 Å². The highest BCUT2D eigenvalue weighted by molar-refractivity contribution is 6.60. The molecule has 0 bridgehead atoms. The highest BCUT2D eigenvalue weighted by Gasteiger charge is 2.46. The van der Waals surface area contributed by atoms with Gasteiger partial charge in [0.15, 0.2) is 0 Å². The van der Waals surface area contributed by atoms with Crippen LogP contribution < -0.4 is 9.47 Å². The number of ether oxygens (including phenoxy) is 4. The van der Waals surface area contributed by atoms with Crippen molar-refractivity contribution in [2.75, 3.05) is 46.2 Å². The van der Waals surface area contributed by atoms with E-state index in [2.05, 4.69) is 91.0 Å². The van der Waals surface area contributed by atoms with Crippen LogP contribution in [0.1, 0.15) is 55.0 Å². The Hall–Kier alpha value is -3.50. The van der Waals surface area contributed by atoms with Crippen LogP contribution >= 0.6 is 0 Å². The first-order valence-electron chi connectivity index (χ1n) is 17.4. The van der Waals surface area contributed by atoms with Gasteiger partial charge in [-0.1, -0.05) is 72.8 Å². The van der Waals surface area contributed by atoms with Gasteiger partial charge in [-0.05, 0) is 90.8 Å². The quantitative estimate of drug-likeness (QED) is 0.0705. The first-order chi connectivity index (χ1) is 23.6. The first kappa shape index (κ1) is 33.0. The number of benzene rings is 4. The molecule has 7 rings (SSSR count). The van der Waals surface area contributed by atoms with E-state index in [4.69, 9.17) is 32.2 Å². The van der Waals surface area contributed by atoms with E-state index in [0.717, 1.165) is 49.2 Å². The monoisotopic (exact) mass is 666 g/mol. The number of hydrogen-bond acceptors (Lipinski definition) is 7. The van der Waals surface area contributed by atoms with Crippen molar-refractivity contribution in [2.45, 2.75) is 57.3 Å². The highest BCUT2D eigenvalue weighted by Crippen LogP contribution is 2.56. The van der Waals surface area contributed by atoms with Gasteiger partial charge in [-0.25, -0.2) is 0 Å². The molecule has 0 aromatic heterocycles. The SMILES string of the molecule is CCO[Si](CCCc1cc(C2(c3ccc(OCC4CO4)cc3)c3ccccc3-c3ccccc32)ccc1OCC1CO1)(OCC)OCC. The van der Waals surface area contributed by atoms with Crippen molar-refractivity contribution in [3.05, 3.63) is 119 Å². The lowest BCUT2D eigenvalue weighted by atomic mass is 9.67. The summed E-state index contributed by atoms with van der Waals surface area (Å²) < 4.78 is 41.9. The van der Waals surface area contributed by atoms with Crippen LogP contribution in [0.15, 0.2) is 91.0 Å². The fourth-order valence-corrected chi connectivity index (χ4v) is 9.78. The summed E-state index contributed by atoms with van der Waals surface area (Å²) in [6, 6.07) is 33.8. The fraction of sp³-hybridized carbons (Fsp3) is 0.400. The molecule has 0 saturated carbocycles. The molecule has 0 amide bonds. The molecule has 1 aliphatic carbocycles. The molecule has 3 aliphatic rings. The Morgan fingerprint density at radius 1 is 0.667 bits per heavy atom. The van der Waals surface area contributed by atoms with Crippen LogP contribution in [0.5, 0.6) is 11.5 Å². The Morgan fingerprint density at radius 3 is 1.77 bits per heavy atom. The van der Waals surface area contributed by atoms with Crippen molar-refractivity contribution in [1.82, 2.24) is 0 Å². The summed E-state index contributed by atoms with van der Waals surface area (Å²) in [4.78, 5) is 0. The maximum atomic E-state index is 6.41. The molecule has 4 aromatic carbocycles. The van der Waals surface area contributed by atoms with Gasteiger partial charge < -0.3 is 32.2 Å². The van der Waals surface area contributed by atoms with Gasteiger partial charge >= 0.3 is 8.80 Å². The number of aryl methyl sites for hydroxylation is 1. The summed E-state index contributed by atoms with van der Waals surface area (Å²) in [6.07, 6.45) is 2.02. The second-order valence-electron chi connectivity index (χ2n) is 12.6. The molecular weight excluding hydrogens is 621 g/mol. The zero-order chi connectivity index (χ0) is 33.0. The van der Waals surface area contributed by atoms with Gasteiger partial charge in [-0.3, -0.25) is 0 Å². The smallest absolute Gasteiger partial charge is 0.491 e. The lowest BCUT2D eigenvalue weighted by Crippen LogP contribution is -2.46. The van der Waals surface area contributed by atoms with Crippen LogP contribution in [0.25, 0.3) is 11.1 Å². The standard InChI is InChI=1S/C40H46O7Si/c1-4-45-48(46-5-2,47-6-3)23-11-12-29-24-31(19-22-39(29)44-28-34-27-43-34)40(30-17-20-32(21-18-30)41-25-33-26-42-33)37-15-9-7-13-35(37)36-14-8-10-16-38(36)40/h7-10,13-22,24,33-34H,4-6,11-12,23,25-28H2,1-3H3. The lowest BCUT2D eigenvalue weighted by Gasteiger charge is -2.34. The second-order valence-corrected chi connectivity index (χ2v) is 15.3. The van der Waals surface area contributed by atoms with Crippen molar-refractivity contribution >= 4 is 8.80 Å². The molecule has 2 unspecified atom stereocenters. The Kier molecular flexibility index (Phi) is 10.0. The van der Waals surface area contributed by atoms with Gasteiger partial charge in [0.1, 0.15) is 36.9 Å². The topological polar surface area (TPSA) is 71.2 Å². The van der Waals surface area contributed by atoms with E-state index in [1.165, 1.54) is 33.4 Å². The number of fused-ring (bicyclic) bond motifs is 3. The van der Waals surface area contributed by atoms with Crippen molar-refractivity contribution in [2.24, 2.45) is 0 Å². The average Bonchev–Trinajstić information content (AvgIpc) is 4.06. The summed E-state index contributed by atoms with van der Waals surface area (Å²) in [5.41, 5.74) is 8.08. The summed E-state index contributed by atoms with van der Waals surface area (Å²) in [7, 11) is -2.79. The van der Waals surface area contributed by atoms with Gasteiger partial charge in [0, 0.05) is 25.9 Å². The largest absolute Gasteiger partial charge is 0.500 e. The minimum Gasteiger partial charge on any atom is -0.491 e. The lowest BCUT2D eigenvalue weighted by molar-refractivity contribution is 0.0708. The maximum Gasteiger partial charge on any atom is 0.500 e. The van der Waals surface area contributed by atoms with E-state index in [0.29, 0.717) is 33.0 Å². The van der Waals surface area contributed by atoms with Crippen molar-refractivity contribution in [3.63, 3.8) is 0 Å². The minimum absolute atomic E-state index is 0.165. The summed E-state index contributed by atoms with van der Waals surface area (Å²) in [5.74, 6) is 1.74. The maximum absolute atomic E-state index is 6.41. The Labute approximate surface area is 285 Å². The fourth-order valence-electron chi connectivity index (χ4n) is 7.17. The molecule has 0 N–H and O–H groups in total. The number of epoxide rings is 2. The predicted octanol–water partition coefficient (Wildman–Crippen LogP) is 7.59. The van der Waals surface area contributed by atoms with Crippen LogP contribution in [-0.4, -0.2) is 67.3 Å². The Balaban J connectivity index is 1.30. The third kappa shape index (κ3) is 6.70. The number of rotatable bonds is 18. The zero-order valence-electron chi connectivity index (χ0n) is 28.2. The van der Waals surface area contributed by atoms with E-state index in [1.807, 2.05) is 20.8 Å². The van der Waals surface area contributed by atoms with Gasteiger partial charge in [0.25, 0.3) is 0 Å². The van der Waals surface area contributed by atoms with Crippen LogP contribution in [0.2, 0.25) is 6.04 Å². The second kappa shape index (κ2) is 14.5. The highest BCUT2D eigenvalue weighted by atomic mass is 28.4. The number of hydrogen-bond donors (Lipinski definition) is 0. The van der Waals surface area contributed by atoms with Gasteiger partial charge in [-0.15, -0.1) is 0 Å². The Morgan fingerprint density at radius 2 is 1.21 bits per heavy atom. The summed E-state index contributed by atoms with van der Waals surface area (Å²) in [5, 5.41) is 0. The summed E-state index contributed by atoms with van der Waals surface area (Å²) in [6.45, 7) is 10.4.